The lowest BCUT2D eigenvalue weighted by atomic mass is 10.1. The van der Waals surface area contributed by atoms with Crippen molar-refractivity contribution in [1.82, 2.24) is 15.2 Å². The first kappa shape index (κ1) is 16.7. The van der Waals surface area contributed by atoms with E-state index < -0.39 is 0 Å². The second kappa shape index (κ2) is 6.79. The van der Waals surface area contributed by atoms with E-state index in [1.807, 2.05) is 26.2 Å². The van der Waals surface area contributed by atoms with Crippen molar-refractivity contribution in [2.45, 2.75) is 26.9 Å². The minimum atomic E-state index is -0.0468. The van der Waals surface area contributed by atoms with E-state index in [0.29, 0.717) is 12.2 Å². The van der Waals surface area contributed by atoms with E-state index in [1.54, 1.807) is 11.3 Å². The summed E-state index contributed by atoms with van der Waals surface area (Å²) in [5.41, 5.74) is 5.12. The fourth-order valence-corrected chi connectivity index (χ4v) is 3.92. The molecule has 2 aromatic heterocycles. The molecule has 3 rings (SSSR count). The van der Waals surface area contributed by atoms with Crippen LogP contribution >= 0.6 is 11.3 Å². The molecule has 2 heterocycles. The highest BCUT2D eigenvalue weighted by Gasteiger charge is 2.19. The molecule has 0 aliphatic rings. The first-order valence-corrected chi connectivity index (χ1v) is 8.85. The van der Waals surface area contributed by atoms with E-state index in [9.17, 15) is 4.79 Å². The van der Waals surface area contributed by atoms with Crippen LogP contribution in [0.1, 0.15) is 32.1 Å². The van der Waals surface area contributed by atoms with Crippen molar-refractivity contribution in [3.05, 3.63) is 57.6 Å². The molecule has 3 aromatic rings. The highest BCUT2D eigenvalue weighted by Crippen LogP contribution is 2.31. The van der Waals surface area contributed by atoms with E-state index in [-0.39, 0.29) is 5.91 Å². The van der Waals surface area contributed by atoms with Crippen LogP contribution in [-0.4, -0.2) is 29.9 Å². The summed E-state index contributed by atoms with van der Waals surface area (Å²) >= 11 is 1.74. The molecule has 1 aromatic carbocycles. The van der Waals surface area contributed by atoms with E-state index in [1.165, 1.54) is 15.1 Å². The summed E-state index contributed by atoms with van der Waals surface area (Å²) in [6, 6.07) is 10.3. The number of thiophene rings is 1. The van der Waals surface area contributed by atoms with Gasteiger partial charge in [0.1, 0.15) is 5.69 Å². The van der Waals surface area contributed by atoms with Gasteiger partial charge in [-0.3, -0.25) is 4.79 Å². The maximum absolute atomic E-state index is 12.7. The number of nitrogens with zero attached hydrogens (tertiary/aromatic N) is 1. The molecular formula is C19H23N3OS. The largest absolute Gasteiger partial charge is 0.350 e. The van der Waals surface area contributed by atoms with Crippen molar-refractivity contribution in [3.63, 3.8) is 0 Å². The number of nitrogens with one attached hydrogen (secondary N) is 2. The van der Waals surface area contributed by atoms with Crippen molar-refractivity contribution in [2.24, 2.45) is 0 Å². The number of benzene rings is 1. The lowest BCUT2D eigenvalue weighted by Gasteiger charge is -2.11. The molecule has 0 aliphatic heterocycles. The van der Waals surface area contributed by atoms with Gasteiger partial charge in [0.05, 0.1) is 10.2 Å². The minimum absolute atomic E-state index is 0.0468. The molecule has 0 bridgehead atoms. The van der Waals surface area contributed by atoms with Crippen molar-refractivity contribution >= 4 is 27.5 Å². The first-order chi connectivity index (χ1) is 11.4. The van der Waals surface area contributed by atoms with Gasteiger partial charge in [-0.2, -0.15) is 0 Å². The molecule has 0 aliphatic carbocycles. The number of carbonyl (C=O) groups is 1. The molecule has 2 N–H and O–H groups in total. The normalized spacial score (nSPS) is 11.4. The number of aromatic nitrogens is 1. The lowest BCUT2D eigenvalue weighted by Crippen LogP contribution is -2.25. The Bertz CT molecular complexity index is 876. The SMILES string of the molecule is Cc1cccc(CNC(=O)c2[nH]c3cc(C)sc3c2CN(C)C)c1. The summed E-state index contributed by atoms with van der Waals surface area (Å²) in [5, 5.41) is 3.04. The quantitative estimate of drug-likeness (QED) is 0.741. The Labute approximate surface area is 146 Å². The Balaban J connectivity index is 1.84. The topological polar surface area (TPSA) is 48.1 Å². The third kappa shape index (κ3) is 3.52. The van der Waals surface area contributed by atoms with Crippen LogP contribution in [0.4, 0.5) is 0 Å². The van der Waals surface area contributed by atoms with Crippen LogP contribution < -0.4 is 5.32 Å². The van der Waals surface area contributed by atoms with Gasteiger partial charge in [-0.05, 0) is 39.6 Å². The Morgan fingerprint density at radius 1 is 1.25 bits per heavy atom. The number of fused-ring (bicyclic) bond motifs is 1. The molecule has 1 amide bonds. The summed E-state index contributed by atoms with van der Waals surface area (Å²) in [4.78, 5) is 19.4. The van der Waals surface area contributed by atoms with Gasteiger partial charge in [0.2, 0.25) is 0 Å². The fraction of sp³-hybridized carbons (Fsp3) is 0.316. The summed E-state index contributed by atoms with van der Waals surface area (Å²) in [5.74, 6) is -0.0468. The molecule has 0 radical (unpaired) electrons. The van der Waals surface area contributed by atoms with Crippen LogP contribution in [0.15, 0.2) is 30.3 Å². The predicted octanol–water partition coefficient (Wildman–Crippen LogP) is 3.84. The first-order valence-electron chi connectivity index (χ1n) is 8.03. The molecule has 0 unspecified atom stereocenters. The number of amides is 1. The highest BCUT2D eigenvalue weighted by atomic mass is 32.1. The van der Waals surface area contributed by atoms with Gasteiger partial charge in [0.25, 0.3) is 5.91 Å². The number of aryl methyl sites for hydroxylation is 2. The van der Waals surface area contributed by atoms with E-state index in [4.69, 9.17) is 0 Å². The Hall–Kier alpha value is -2.11. The van der Waals surface area contributed by atoms with Gasteiger partial charge in [-0.25, -0.2) is 0 Å². The van der Waals surface area contributed by atoms with Crippen LogP contribution in [0.3, 0.4) is 0 Å². The Morgan fingerprint density at radius 3 is 2.75 bits per heavy atom. The molecule has 0 atom stereocenters. The average Bonchev–Trinajstić information content (AvgIpc) is 3.02. The third-order valence-corrected chi connectivity index (χ3v) is 5.04. The number of hydrogen-bond acceptors (Lipinski definition) is 3. The van der Waals surface area contributed by atoms with E-state index in [2.05, 4.69) is 47.2 Å². The van der Waals surface area contributed by atoms with E-state index in [0.717, 1.165) is 23.2 Å². The summed E-state index contributed by atoms with van der Waals surface area (Å²) < 4.78 is 1.18. The van der Waals surface area contributed by atoms with Crippen LogP contribution in [0.2, 0.25) is 0 Å². The monoisotopic (exact) mass is 341 g/mol. The second-order valence-corrected chi connectivity index (χ2v) is 7.74. The lowest BCUT2D eigenvalue weighted by molar-refractivity contribution is 0.0945. The molecule has 24 heavy (non-hydrogen) atoms. The van der Waals surface area contributed by atoms with Crippen molar-refractivity contribution < 1.29 is 4.79 Å². The zero-order chi connectivity index (χ0) is 17.3. The number of H-pyrrole nitrogens is 1. The van der Waals surface area contributed by atoms with Crippen molar-refractivity contribution in [2.75, 3.05) is 14.1 Å². The van der Waals surface area contributed by atoms with Crippen molar-refractivity contribution in [3.8, 4) is 0 Å². The number of hydrogen-bond donors (Lipinski definition) is 2. The molecular weight excluding hydrogens is 318 g/mol. The number of aromatic amines is 1. The zero-order valence-corrected chi connectivity index (χ0v) is 15.4. The maximum Gasteiger partial charge on any atom is 0.268 e. The zero-order valence-electron chi connectivity index (χ0n) is 14.6. The minimum Gasteiger partial charge on any atom is -0.350 e. The van der Waals surface area contributed by atoms with Gasteiger partial charge in [-0.15, -0.1) is 11.3 Å². The average molecular weight is 341 g/mol. The smallest absolute Gasteiger partial charge is 0.268 e. The Morgan fingerprint density at radius 2 is 2.04 bits per heavy atom. The van der Waals surface area contributed by atoms with Gasteiger partial charge in [-0.1, -0.05) is 29.8 Å². The summed E-state index contributed by atoms with van der Waals surface area (Å²) in [6.07, 6.45) is 0. The van der Waals surface area contributed by atoms with Gasteiger partial charge in [0.15, 0.2) is 0 Å². The van der Waals surface area contributed by atoms with Crippen LogP contribution in [0.25, 0.3) is 10.2 Å². The molecule has 0 saturated carbocycles. The molecule has 0 spiro atoms. The number of rotatable bonds is 5. The number of carbonyl (C=O) groups excluding carboxylic acids is 1. The third-order valence-electron chi connectivity index (χ3n) is 3.93. The molecule has 5 heteroatoms. The molecule has 0 saturated heterocycles. The van der Waals surface area contributed by atoms with Gasteiger partial charge >= 0.3 is 0 Å². The highest BCUT2D eigenvalue weighted by molar-refractivity contribution is 7.19. The Kier molecular flexibility index (Phi) is 4.73. The van der Waals surface area contributed by atoms with Gasteiger partial charge < -0.3 is 15.2 Å². The molecule has 0 fully saturated rings. The van der Waals surface area contributed by atoms with Crippen LogP contribution in [0, 0.1) is 13.8 Å². The molecule has 126 valence electrons. The summed E-state index contributed by atoms with van der Waals surface area (Å²) in [7, 11) is 4.04. The molecule has 4 nitrogen and oxygen atoms in total. The predicted molar refractivity (Wildman–Crippen MR) is 101 cm³/mol. The second-order valence-electron chi connectivity index (χ2n) is 6.49. The van der Waals surface area contributed by atoms with Crippen LogP contribution in [-0.2, 0) is 13.1 Å². The maximum atomic E-state index is 12.7. The van der Waals surface area contributed by atoms with Crippen LogP contribution in [0.5, 0.6) is 0 Å². The fourth-order valence-electron chi connectivity index (χ4n) is 2.91. The summed E-state index contributed by atoms with van der Waals surface area (Å²) in [6.45, 7) is 5.43. The van der Waals surface area contributed by atoms with Gasteiger partial charge in [0, 0.05) is 23.5 Å². The van der Waals surface area contributed by atoms with E-state index >= 15 is 0 Å². The van der Waals surface area contributed by atoms with Crippen molar-refractivity contribution in [1.29, 1.82) is 0 Å². The standard InChI is InChI=1S/C19H23N3OS/c1-12-6-5-7-14(8-12)10-20-19(23)17-15(11-22(3)4)18-16(21-17)9-13(2)24-18/h5-9,21H,10-11H2,1-4H3,(H,20,23).